The average Bonchev–Trinajstić information content (AvgIpc) is 3.46. The van der Waals surface area contributed by atoms with Crippen molar-refractivity contribution in [3.05, 3.63) is 131 Å². The van der Waals surface area contributed by atoms with E-state index in [1.54, 1.807) is 23.1 Å². The Hall–Kier alpha value is -4.65. The van der Waals surface area contributed by atoms with Crippen molar-refractivity contribution in [3.8, 4) is 11.5 Å². The van der Waals surface area contributed by atoms with E-state index in [-0.39, 0.29) is 11.7 Å². The first kappa shape index (κ1) is 22.8. The molecule has 0 radical (unpaired) electrons. The van der Waals surface area contributed by atoms with E-state index in [0.717, 1.165) is 39.6 Å². The van der Waals surface area contributed by atoms with E-state index >= 15 is 0 Å². The van der Waals surface area contributed by atoms with Gasteiger partial charge in [0, 0.05) is 11.8 Å². The fourth-order valence-electron chi connectivity index (χ4n) is 5.09. The van der Waals surface area contributed by atoms with Crippen LogP contribution in [0.4, 0.5) is 14.9 Å². The Kier molecular flexibility index (Phi) is 5.60. The molecule has 6 nitrogen and oxygen atoms in total. The molecule has 7 heteroatoms. The number of aromatic nitrogens is 3. The molecule has 1 atom stereocenters. The van der Waals surface area contributed by atoms with Crippen LogP contribution in [0.15, 0.2) is 97.2 Å². The summed E-state index contributed by atoms with van der Waals surface area (Å²) in [6, 6.07) is 27.6. The second-order valence-electron chi connectivity index (χ2n) is 9.29. The summed E-state index contributed by atoms with van der Waals surface area (Å²) in [4.78, 5) is 15.6. The lowest BCUT2D eigenvalue weighted by molar-refractivity contribution is 0.194. The zero-order chi connectivity index (χ0) is 25.5. The highest BCUT2D eigenvalue weighted by molar-refractivity contribution is 5.90. The van der Waals surface area contributed by atoms with Crippen LogP contribution >= 0.6 is 0 Å². The van der Waals surface area contributed by atoms with Gasteiger partial charge in [-0.05, 0) is 55.8 Å². The normalized spacial score (nSPS) is 14.6. The third-order valence-corrected chi connectivity index (χ3v) is 6.82. The minimum atomic E-state index is -0.477. The summed E-state index contributed by atoms with van der Waals surface area (Å²) in [6.45, 7) is 4.30. The van der Waals surface area contributed by atoms with Gasteiger partial charge in [-0.25, -0.2) is 13.9 Å². The fraction of sp³-hybridized carbons (Fsp3) is 0.133. The Morgan fingerprint density at radius 3 is 2.51 bits per heavy atom. The maximum atomic E-state index is 14.5. The fourth-order valence-corrected chi connectivity index (χ4v) is 5.09. The highest BCUT2D eigenvalue weighted by Gasteiger charge is 2.36. The van der Waals surface area contributed by atoms with Crippen molar-refractivity contribution in [2.24, 2.45) is 0 Å². The van der Waals surface area contributed by atoms with Crippen LogP contribution < -0.4 is 5.32 Å². The molecular weight excluding hydrogens is 465 g/mol. The smallest absolute Gasteiger partial charge is 0.307 e. The molecule has 6 rings (SSSR count). The molecule has 3 aromatic carbocycles. The van der Waals surface area contributed by atoms with Gasteiger partial charge in [0.2, 0.25) is 0 Å². The maximum Gasteiger partial charge on any atom is 0.323 e. The van der Waals surface area contributed by atoms with Crippen molar-refractivity contribution in [3.63, 3.8) is 0 Å². The van der Waals surface area contributed by atoms with Crippen molar-refractivity contribution in [1.82, 2.24) is 19.2 Å². The van der Waals surface area contributed by atoms with Gasteiger partial charge in [-0.2, -0.15) is 5.10 Å². The number of nitrogens with zero attached hydrogens (tertiary/aromatic N) is 4. The van der Waals surface area contributed by atoms with E-state index in [9.17, 15) is 9.18 Å². The van der Waals surface area contributed by atoms with Crippen LogP contribution in [0.2, 0.25) is 0 Å². The SMILES string of the molecule is Cc1cccc([C@H]2c3cccn3-c3c(c(C)nn3-c3ccccc3)CN2C(=O)Nc2ccccc2F)c1. The molecule has 3 heterocycles. The van der Waals surface area contributed by atoms with Crippen LogP contribution in [0.5, 0.6) is 0 Å². The number of hydrogen-bond acceptors (Lipinski definition) is 2. The van der Waals surface area contributed by atoms with Gasteiger partial charge in [0.15, 0.2) is 0 Å². The Morgan fingerprint density at radius 2 is 1.73 bits per heavy atom. The minimum absolute atomic E-state index is 0.145. The number of rotatable bonds is 3. The molecule has 0 bridgehead atoms. The lowest BCUT2D eigenvalue weighted by Crippen LogP contribution is -2.38. The molecule has 0 saturated heterocycles. The second-order valence-corrected chi connectivity index (χ2v) is 9.29. The maximum absolute atomic E-state index is 14.5. The number of amides is 2. The number of anilines is 1. The Labute approximate surface area is 214 Å². The van der Waals surface area contributed by atoms with Gasteiger partial charge in [0.1, 0.15) is 11.6 Å². The molecule has 1 N–H and O–H groups in total. The van der Waals surface area contributed by atoms with Crippen LogP contribution in [0, 0.1) is 19.7 Å². The monoisotopic (exact) mass is 491 g/mol. The lowest BCUT2D eigenvalue weighted by atomic mass is 10.00. The quantitative estimate of drug-likeness (QED) is 0.311. The average molecular weight is 492 g/mol. The highest BCUT2D eigenvalue weighted by Crippen LogP contribution is 2.39. The summed E-state index contributed by atoms with van der Waals surface area (Å²) < 4.78 is 18.6. The molecule has 0 unspecified atom stereocenters. The number of carbonyl (C=O) groups excluding carboxylic acids is 1. The van der Waals surface area contributed by atoms with Crippen LogP contribution in [0.3, 0.4) is 0 Å². The zero-order valence-electron chi connectivity index (χ0n) is 20.6. The van der Waals surface area contributed by atoms with E-state index < -0.39 is 11.9 Å². The van der Waals surface area contributed by atoms with E-state index in [1.165, 1.54) is 6.07 Å². The van der Waals surface area contributed by atoms with Gasteiger partial charge < -0.3 is 14.8 Å². The van der Waals surface area contributed by atoms with E-state index in [0.29, 0.717) is 6.54 Å². The van der Waals surface area contributed by atoms with Gasteiger partial charge >= 0.3 is 6.03 Å². The molecule has 5 aromatic rings. The molecule has 1 aliphatic rings. The number of urea groups is 1. The largest absolute Gasteiger partial charge is 0.323 e. The molecule has 184 valence electrons. The topological polar surface area (TPSA) is 55.1 Å². The summed E-state index contributed by atoms with van der Waals surface area (Å²) in [7, 11) is 0. The first-order valence-corrected chi connectivity index (χ1v) is 12.2. The third kappa shape index (κ3) is 3.98. The Morgan fingerprint density at radius 1 is 0.946 bits per heavy atom. The summed E-state index contributed by atoms with van der Waals surface area (Å²) in [5, 5.41) is 7.67. The molecule has 37 heavy (non-hydrogen) atoms. The molecule has 2 amide bonds. The standard InChI is InChI=1S/C30H26FN5O/c1-20-10-8-11-22(18-20)28-27-16-9-17-34(27)29-24(21(2)33-36(29)23-12-4-3-5-13-23)19-35(28)30(37)32-26-15-7-6-14-25(26)31/h3-18,28H,19H2,1-2H3,(H,32,37)/t28-/m0/s1. The van der Waals surface area contributed by atoms with E-state index in [2.05, 4.69) is 16.0 Å². The molecular formula is C30H26FN5O. The first-order valence-electron chi connectivity index (χ1n) is 12.2. The van der Waals surface area contributed by atoms with Gasteiger partial charge in [-0.1, -0.05) is 60.2 Å². The summed E-state index contributed by atoms with van der Waals surface area (Å²) in [6.07, 6.45) is 2.01. The number of para-hydroxylation sites is 2. The highest BCUT2D eigenvalue weighted by atomic mass is 19.1. The van der Waals surface area contributed by atoms with Gasteiger partial charge in [-0.15, -0.1) is 0 Å². The Balaban J connectivity index is 1.55. The number of halogens is 1. The first-order chi connectivity index (χ1) is 18.0. The zero-order valence-corrected chi connectivity index (χ0v) is 20.6. The van der Waals surface area contributed by atoms with Gasteiger partial charge in [0.25, 0.3) is 0 Å². The number of nitrogens with one attached hydrogen (secondary N) is 1. The minimum Gasteiger partial charge on any atom is -0.307 e. The van der Waals surface area contributed by atoms with Gasteiger partial charge in [0.05, 0.1) is 35.3 Å². The van der Waals surface area contributed by atoms with Crippen molar-refractivity contribution in [1.29, 1.82) is 0 Å². The predicted molar refractivity (Wildman–Crippen MR) is 142 cm³/mol. The van der Waals surface area contributed by atoms with Crippen LogP contribution in [-0.2, 0) is 6.54 Å². The van der Waals surface area contributed by atoms with Crippen molar-refractivity contribution >= 4 is 11.7 Å². The predicted octanol–water partition coefficient (Wildman–Crippen LogP) is 6.56. The van der Waals surface area contributed by atoms with Crippen molar-refractivity contribution in [2.75, 3.05) is 5.32 Å². The van der Waals surface area contributed by atoms with Crippen molar-refractivity contribution in [2.45, 2.75) is 26.4 Å². The summed E-state index contributed by atoms with van der Waals surface area (Å²) >= 11 is 0. The molecule has 1 aliphatic heterocycles. The number of aryl methyl sites for hydroxylation is 2. The number of fused-ring (bicyclic) bond motifs is 3. The number of hydrogen-bond donors (Lipinski definition) is 1. The summed E-state index contributed by atoms with van der Waals surface area (Å²) in [5.41, 5.74) is 5.83. The van der Waals surface area contributed by atoms with Crippen LogP contribution in [0.25, 0.3) is 11.5 Å². The number of carbonyl (C=O) groups is 1. The number of benzene rings is 3. The molecule has 0 saturated carbocycles. The summed E-state index contributed by atoms with van der Waals surface area (Å²) in [5.74, 6) is 0.414. The Bertz CT molecular complexity index is 1600. The molecule has 0 aliphatic carbocycles. The van der Waals surface area contributed by atoms with Crippen molar-refractivity contribution < 1.29 is 9.18 Å². The molecule has 2 aromatic heterocycles. The van der Waals surface area contributed by atoms with Crippen LogP contribution in [0.1, 0.15) is 34.1 Å². The molecule has 0 fully saturated rings. The van der Waals surface area contributed by atoms with Gasteiger partial charge in [-0.3, -0.25) is 0 Å². The third-order valence-electron chi connectivity index (χ3n) is 6.82. The second kappa shape index (κ2) is 9.09. The van der Waals surface area contributed by atoms with Crippen LogP contribution in [-0.4, -0.2) is 25.3 Å². The lowest BCUT2D eigenvalue weighted by Gasteiger charge is -2.31. The van der Waals surface area contributed by atoms with E-state index in [4.69, 9.17) is 5.10 Å². The molecule has 0 spiro atoms. The van der Waals surface area contributed by atoms with E-state index in [1.807, 2.05) is 85.4 Å².